The van der Waals surface area contributed by atoms with Crippen molar-refractivity contribution in [3.8, 4) is 0 Å². The zero-order valence-electron chi connectivity index (χ0n) is 13.3. The molecule has 3 unspecified atom stereocenters. The van der Waals surface area contributed by atoms with Gasteiger partial charge in [-0.05, 0) is 44.1 Å². The SMILES string of the molecule is CC(C)C1CCC(O)C(CN(C)Cc2nccn2C)C1. The van der Waals surface area contributed by atoms with Gasteiger partial charge in [-0.2, -0.15) is 0 Å². The summed E-state index contributed by atoms with van der Waals surface area (Å²) < 4.78 is 2.06. The van der Waals surface area contributed by atoms with E-state index in [9.17, 15) is 5.11 Å². The van der Waals surface area contributed by atoms with E-state index in [4.69, 9.17) is 0 Å². The van der Waals surface area contributed by atoms with E-state index in [-0.39, 0.29) is 6.10 Å². The van der Waals surface area contributed by atoms with Crippen molar-refractivity contribution in [1.29, 1.82) is 0 Å². The summed E-state index contributed by atoms with van der Waals surface area (Å²) in [5.74, 6) is 2.98. The number of aliphatic hydroxyl groups excluding tert-OH is 1. The molecule has 0 amide bonds. The van der Waals surface area contributed by atoms with Crippen molar-refractivity contribution in [3.63, 3.8) is 0 Å². The fraction of sp³-hybridized carbons (Fsp3) is 0.812. The maximum Gasteiger partial charge on any atom is 0.122 e. The van der Waals surface area contributed by atoms with Crippen LogP contribution in [-0.4, -0.2) is 39.3 Å². The Morgan fingerprint density at radius 1 is 1.45 bits per heavy atom. The summed E-state index contributed by atoms with van der Waals surface area (Å²) in [5, 5.41) is 10.3. The van der Waals surface area contributed by atoms with Crippen LogP contribution >= 0.6 is 0 Å². The molecule has 2 rings (SSSR count). The van der Waals surface area contributed by atoms with Gasteiger partial charge in [-0.1, -0.05) is 13.8 Å². The van der Waals surface area contributed by atoms with E-state index in [0.717, 1.165) is 43.6 Å². The molecule has 4 heteroatoms. The maximum atomic E-state index is 10.3. The van der Waals surface area contributed by atoms with Gasteiger partial charge in [0.15, 0.2) is 0 Å². The predicted molar refractivity (Wildman–Crippen MR) is 81.2 cm³/mol. The molecule has 114 valence electrons. The molecule has 0 aromatic carbocycles. The van der Waals surface area contributed by atoms with Crippen molar-refractivity contribution in [2.24, 2.45) is 24.8 Å². The molecule has 1 aromatic heterocycles. The molecule has 1 saturated carbocycles. The normalized spacial score (nSPS) is 27.4. The van der Waals surface area contributed by atoms with Crippen molar-refractivity contribution in [3.05, 3.63) is 18.2 Å². The van der Waals surface area contributed by atoms with Gasteiger partial charge < -0.3 is 9.67 Å². The van der Waals surface area contributed by atoms with Crippen molar-refractivity contribution in [2.45, 2.75) is 45.8 Å². The number of rotatable bonds is 5. The highest BCUT2D eigenvalue weighted by Crippen LogP contribution is 2.34. The van der Waals surface area contributed by atoms with Gasteiger partial charge in [-0.3, -0.25) is 4.90 Å². The van der Waals surface area contributed by atoms with Crippen LogP contribution in [0.1, 0.15) is 38.9 Å². The number of aromatic nitrogens is 2. The number of imidazole rings is 1. The van der Waals surface area contributed by atoms with Gasteiger partial charge in [-0.25, -0.2) is 4.98 Å². The second kappa shape index (κ2) is 6.72. The summed E-state index contributed by atoms with van der Waals surface area (Å²) in [7, 11) is 4.15. The van der Waals surface area contributed by atoms with E-state index in [2.05, 4.69) is 35.3 Å². The number of aliphatic hydroxyl groups is 1. The van der Waals surface area contributed by atoms with Gasteiger partial charge >= 0.3 is 0 Å². The third-order valence-electron chi connectivity index (χ3n) is 4.80. The van der Waals surface area contributed by atoms with Crippen molar-refractivity contribution in [1.82, 2.24) is 14.5 Å². The minimum absolute atomic E-state index is 0.131. The first kappa shape index (κ1) is 15.5. The molecule has 20 heavy (non-hydrogen) atoms. The van der Waals surface area contributed by atoms with E-state index in [1.165, 1.54) is 6.42 Å². The Balaban J connectivity index is 1.89. The fourth-order valence-electron chi connectivity index (χ4n) is 3.34. The van der Waals surface area contributed by atoms with Crippen LogP contribution in [0.4, 0.5) is 0 Å². The molecular formula is C16H29N3O. The lowest BCUT2D eigenvalue weighted by Gasteiger charge is -2.37. The molecule has 4 nitrogen and oxygen atoms in total. The molecule has 0 radical (unpaired) electrons. The molecule has 0 saturated heterocycles. The van der Waals surface area contributed by atoms with Crippen LogP contribution in [0, 0.1) is 17.8 Å². The lowest BCUT2D eigenvalue weighted by atomic mass is 9.74. The van der Waals surface area contributed by atoms with Gasteiger partial charge in [0.05, 0.1) is 12.6 Å². The van der Waals surface area contributed by atoms with Crippen LogP contribution in [0.3, 0.4) is 0 Å². The van der Waals surface area contributed by atoms with E-state index in [1.807, 2.05) is 19.4 Å². The van der Waals surface area contributed by atoms with E-state index >= 15 is 0 Å². The first-order chi connectivity index (χ1) is 9.47. The second-order valence-corrected chi connectivity index (χ2v) is 6.80. The summed E-state index contributed by atoms with van der Waals surface area (Å²) in [4.78, 5) is 6.66. The highest BCUT2D eigenvalue weighted by Gasteiger charge is 2.31. The second-order valence-electron chi connectivity index (χ2n) is 6.80. The Morgan fingerprint density at radius 2 is 2.20 bits per heavy atom. The molecule has 1 aliphatic rings. The van der Waals surface area contributed by atoms with E-state index in [0.29, 0.717) is 5.92 Å². The third kappa shape index (κ3) is 3.83. The minimum atomic E-state index is -0.131. The lowest BCUT2D eigenvalue weighted by Crippen LogP contribution is -2.38. The van der Waals surface area contributed by atoms with E-state index in [1.54, 1.807) is 0 Å². The molecule has 1 fully saturated rings. The van der Waals surface area contributed by atoms with Crippen LogP contribution in [0.2, 0.25) is 0 Å². The first-order valence-corrected chi connectivity index (χ1v) is 7.80. The number of hydrogen-bond acceptors (Lipinski definition) is 3. The molecule has 0 spiro atoms. The summed E-state index contributed by atoms with van der Waals surface area (Å²) >= 11 is 0. The molecule has 1 N–H and O–H groups in total. The Hall–Kier alpha value is -0.870. The summed E-state index contributed by atoms with van der Waals surface area (Å²) in [6.45, 7) is 6.41. The van der Waals surface area contributed by atoms with Gasteiger partial charge in [0.25, 0.3) is 0 Å². The zero-order chi connectivity index (χ0) is 14.7. The topological polar surface area (TPSA) is 41.3 Å². The Bertz CT molecular complexity index is 416. The number of aryl methyl sites for hydroxylation is 1. The monoisotopic (exact) mass is 279 g/mol. The predicted octanol–water partition coefficient (Wildman–Crippen LogP) is 2.29. The Labute approximate surface area is 122 Å². The highest BCUT2D eigenvalue weighted by atomic mass is 16.3. The Morgan fingerprint density at radius 3 is 2.80 bits per heavy atom. The van der Waals surface area contributed by atoms with Crippen LogP contribution in [0.5, 0.6) is 0 Å². The largest absolute Gasteiger partial charge is 0.393 e. The molecule has 0 bridgehead atoms. The Kier molecular flexibility index (Phi) is 5.22. The summed E-state index contributed by atoms with van der Waals surface area (Å²) in [5.41, 5.74) is 0. The number of hydrogen-bond donors (Lipinski definition) is 1. The average molecular weight is 279 g/mol. The van der Waals surface area contributed by atoms with Gasteiger partial charge in [0, 0.05) is 26.0 Å². The van der Waals surface area contributed by atoms with Crippen LogP contribution < -0.4 is 0 Å². The third-order valence-corrected chi connectivity index (χ3v) is 4.80. The first-order valence-electron chi connectivity index (χ1n) is 7.80. The minimum Gasteiger partial charge on any atom is -0.393 e. The molecule has 0 aliphatic heterocycles. The van der Waals surface area contributed by atoms with Gasteiger partial charge in [0.2, 0.25) is 0 Å². The molecule has 1 heterocycles. The van der Waals surface area contributed by atoms with Gasteiger partial charge in [0.1, 0.15) is 5.82 Å². The molecule has 1 aliphatic carbocycles. The molecule has 1 aromatic rings. The maximum absolute atomic E-state index is 10.3. The molecular weight excluding hydrogens is 250 g/mol. The summed E-state index contributed by atoms with van der Waals surface area (Å²) in [6, 6.07) is 0. The van der Waals surface area contributed by atoms with Crippen molar-refractivity contribution in [2.75, 3.05) is 13.6 Å². The average Bonchev–Trinajstić information content (AvgIpc) is 2.77. The van der Waals surface area contributed by atoms with Crippen LogP contribution in [0.25, 0.3) is 0 Å². The fourth-order valence-corrected chi connectivity index (χ4v) is 3.34. The zero-order valence-corrected chi connectivity index (χ0v) is 13.3. The highest BCUT2D eigenvalue weighted by molar-refractivity contribution is 4.91. The molecule has 3 atom stereocenters. The lowest BCUT2D eigenvalue weighted by molar-refractivity contribution is 0.0210. The van der Waals surface area contributed by atoms with Crippen molar-refractivity contribution >= 4 is 0 Å². The smallest absolute Gasteiger partial charge is 0.122 e. The quantitative estimate of drug-likeness (QED) is 0.899. The number of nitrogens with zero attached hydrogens (tertiary/aromatic N) is 3. The van der Waals surface area contributed by atoms with Gasteiger partial charge in [-0.15, -0.1) is 0 Å². The standard InChI is InChI=1S/C16H29N3O/c1-12(2)13-5-6-15(20)14(9-13)10-18(3)11-16-17-7-8-19(16)4/h7-8,12-15,20H,5-6,9-11H2,1-4H3. The van der Waals surface area contributed by atoms with Crippen molar-refractivity contribution < 1.29 is 5.11 Å². The van der Waals surface area contributed by atoms with Crippen LogP contribution in [0.15, 0.2) is 12.4 Å². The van der Waals surface area contributed by atoms with Crippen LogP contribution in [-0.2, 0) is 13.6 Å². The summed E-state index contributed by atoms with van der Waals surface area (Å²) in [6.07, 6.45) is 6.99. The van der Waals surface area contributed by atoms with E-state index < -0.39 is 0 Å².